The highest BCUT2D eigenvalue weighted by atomic mass is 35.5. The van der Waals surface area contributed by atoms with E-state index in [1.807, 2.05) is 29.6 Å². The molecule has 5 rings (SSSR count). The van der Waals surface area contributed by atoms with Crippen molar-refractivity contribution in [3.05, 3.63) is 76.9 Å². The maximum absolute atomic E-state index is 12.8. The normalized spacial score (nSPS) is 14.6. The van der Waals surface area contributed by atoms with Crippen molar-refractivity contribution in [3.63, 3.8) is 0 Å². The SMILES string of the molecule is Cc1ccc(-c2cc3nc(C)cc(N4CCC(C(=O)Nc5cccc(Cl)c5)CC4)n3n2)cc1. The van der Waals surface area contributed by atoms with Crippen LogP contribution in [0.5, 0.6) is 0 Å². The van der Waals surface area contributed by atoms with Gasteiger partial charge >= 0.3 is 0 Å². The Morgan fingerprint density at radius 2 is 1.79 bits per heavy atom. The second-order valence-electron chi connectivity index (χ2n) is 8.68. The summed E-state index contributed by atoms with van der Waals surface area (Å²) >= 11 is 6.04. The van der Waals surface area contributed by atoms with E-state index in [0.29, 0.717) is 5.02 Å². The third kappa shape index (κ3) is 4.57. The zero-order valence-corrected chi connectivity index (χ0v) is 19.5. The summed E-state index contributed by atoms with van der Waals surface area (Å²) in [5.41, 5.74) is 5.73. The summed E-state index contributed by atoms with van der Waals surface area (Å²) in [7, 11) is 0. The third-order valence-electron chi connectivity index (χ3n) is 6.17. The fraction of sp³-hybridized carbons (Fsp3) is 0.269. The number of hydrogen-bond donors (Lipinski definition) is 1. The lowest BCUT2D eigenvalue weighted by Gasteiger charge is -2.33. The summed E-state index contributed by atoms with van der Waals surface area (Å²) in [5.74, 6) is 1.04. The number of halogens is 1. The summed E-state index contributed by atoms with van der Waals surface area (Å²) < 4.78 is 1.93. The van der Waals surface area contributed by atoms with Gasteiger partial charge in [-0.05, 0) is 44.9 Å². The molecule has 1 saturated heterocycles. The number of carbonyl (C=O) groups excluding carboxylic acids is 1. The Balaban J connectivity index is 1.33. The van der Waals surface area contributed by atoms with Crippen molar-refractivity contribution in [2.75, 3.05) is 23.3 Å². The minimum atomic E-state index is -0.0283. The second-order valence-corrected chi connectivity index (χ2v) is 9.12. The Morgan fingerprint density at radius 1 is 1.03 bits per heavy atom. The van der Waals surface area contributed by atoms with Gasteiger partial charge in [-0.25, -0.2) is 4.98 Å². The molecule has 0 unspecified atom stereocenters. The largest absolute Gasteiger partial charge is 0.356 e. The van der Waals surface area contributed by atoms with Gasteiger partial charge in [0, 0.05) is 53.1 Å². The molecule has 0 bridgehead atoms. The maximum atomic E-state index is 12.8. The van der Waals surface area contributed by atoms with E-state index in [1.54, 1.807) is 12.1 Å². The molecule has 6 nitrogen and oxygen atoms in total. The van der Waals surface area contributed by atoms with Crippen molar-refractivity contribution in [1.82, 2.24) is 14.6 Å². The van der Waals surface area contributed by atoms with E-state index < -0.39 is 0 Å². The van der Waals surface area contributed by atoms with Crippen LogP contribution in [0.15, 0.2) is 60.7 Å². The lowest BCUT2D eigenvalue weighted by atomic mass is 9.95. The molecular formula is C26H26ClN5O. The van der Waals surface area contributed by atoms with Crippen LogP contribution >= 0.6 is 11.6 Å². The topological polar surface area (TPSA) is 62.5 Å². The van der Waals surface area contributed by atoms with Crippen molar-refractivity contribution < 1.29 is 4.79 Å². The minimum absolute atomic E-state index is 0.0283. The number of fused-ring (bicyclic) bond motifs is 1. The monoisotopic (exact) mass is 459 g/mol. The first-order valence-corrected chi connectivity index (χ1v) is 11.6. The van der Waals surface area contributed by atoms with Crippen LogP contribution in [0.25, 0.3) is 16.9 Å². The lowest BCUT2D eigenvalue weighted by molar-refractivity contribution is -0.120. The molecule has 1 aliphatic rings. The number of benzene rings is 2. The van der Waals surface area contributed by atoms with Crippen LogP contribution in [-0.4, -0.2) is 33.6 Å². The van der Waals surface area contributed by atoms with E-state index >= 15 is 0 Å². The number of hydrogen-bond acceptors (Lipinski definition) is 4. The van der Waals surface area contributed by atoms with Crippen LogP contribution < -0.4 is 10.2 Å². The molecule has 0 radical (unpaired) electrons. The Morgan fingerprint density at radius 3 is 2.52 bits per heavy atom. The molecule has 0 aliphatic carbocycles. The highest BCUT2D eigenvalue weighted by Crippen LogP contribution is 2.28. The molecule has 7 heteroatoms. The summed E-state index contributed by atoms with van der Waals surface area (Å²) in [6.45, 7) is 5.65. The first-order chi connectivity index (χ1) is 16.0. The van der Waals surface area contributed by atoms with Gasteiger partial charge in [-0.15, -0.1) is 0 Å². The Kier molecular flexibility index (Phi) is 5.77. The highest BCUT2D eigenvalue weighted by molar-refractivity contribution is 6.30. The van der Waals surface area contributed by atoms with Crippen molar-refractivity contribution >= 4 is 34.7 Å². The summed E-state index contributed by atoms with van der Waals surface area (Å²) in [6.07, 6.45) is 1.56. The first-order valence-electron chi connectivity index (χ1n) is 11.2. The number of aromatic nitrogens is 3. The average molecular weight is 460 g/mol. The van der Waals surface area contributed by atoms with Gasteiger partial charge in [0.2, 0.25) is 5.91 Å². The maximum Gasteiger partial charge on any atom is 0.227 e. The molecule has 2 aromatic heterocycles. The summed E-state index contributed by atoms with van der Waals surface area (Å²) in [6, 6.07) is 19.8. The molecule has 4 aromatic rings. The van der Waals surface area contributed by atoms with Crippen LogP contribution in [0.2, 0.25) is 5.02 Å². The predicted molar refractivity (Wildman–Crippen MR) is 133 cm³/mol. The second kappa shape index (κ2) is 8.87. The summed E-state index contributed by atoms with van der Waals surface area (Å²) in [5, 5.41) is 8.48. The van der Waals surface area contributed by atoms with Gasteiger partial charge in [0.25, 0.3) is 0 Å². The lowest BCUT2D eigenvalue weighted by Crippen LogP contribution is -2.39. The molecule has 2 aromatic carbocycles. The van der Waals surface area contributed by atoms with Gasteiger partial charge in [0.1, 0.15) is 5.82 Å². The Labute approximate surface area is 198 Å². The number of nitrogens with one attached hydrogen (secondary N) is 1. The molecule has 33 heavy (non-hydrogen) atoms. The van der Waals surface area contributed by atoms with E-state index in [-0.39, 0.29) is 11.8 Å². The number of piperidine rings is 1. The number of aryl methyl sites for hydroxylation is 2. The molecular weight excluding hydrogens is 434 g/mol. The first kappa shape index (κ1) is 21.5. The smallest absolute Gasteiger partial charge is 0.227 e. The number of carbonyl (C=O) groups is 1. The molecule has 0 atom stereocenters. The van der Waals surface area contributed by atoms with Crippen LogP contribution in [0.4, 0.5) is 11.5 Å². The van der Waals surface area contributed by atoms with Crippen molar-refractivity contribution in [3.8, 4) is 11.3 Å². The summed E-state index contributed by atoms with van der Waals surface area (Å²) in [4.78, 5) is 19.8. The highest BCUT2D eigenvalue weighted by Gasteiger charge is 2.27. The van der Waals surface area contributed by atoms with E-state index in [9.17, 15) is 4.79 Å². The molecule has 1 fully saturated rings. The predicted octanol–water partition coefficient (Wildman–Crippen LogP) is 5.52. The molecule has 3 heterocycles. The van der Waals surface area contributed by atoms with Crippen LogP contribution in [-0.2, 0) is 4.79 Å². The van der Waals surface area contributed by atoms with Crippen molar-refractivity contribution in [2.24, 2.45) is 5.92 Å². The molecule has 1 N–H and O–H groups in total. The van der Waals surface area contributed by atoms with Gasteiger partial charge in [0.05, 0.1) is 5.69 Å². The van der Waals surface area contributed by atoms with Gasteiger partial charge in [-0.3, -0.25) is 4.79 Å². The van der Waals surface area contributed by atoms with E-state index in [4.69, 9.17) is 21.7 Å². The molecule has 1 aliphatic heterocycles. The van der Waals surface area contributed by atoms with E-state index in [2.05, 4.69) is 47.5 Å². The number of anilines is 2. The van der Waals surface area contributed by atoms with Crippen LogP contribution in [0, 0.1) is 19.8 Å². The number of nitrogens with zero attached hydrogens (tertiary/aromatic N) is 4. The molecule has 168 valence electrons. The van der Waals surface area contributed by atoms with Crippen molar-refractivity contribution in [1.29, 1.82) is 0 Å². The van der Waals surface area contributed by atoms with Crippen LogP contribution in [0.1, 0.15) is 24.1 Å². The van der Waals surface area contributed by atoms with Gasteiger partial charge in [-0.1, -0.05) is 47.5 Å². The van der Waals surface area contributed by atoms with Crippen molar-refractivity contribution in [2.45, 2.75) is 26.7 Å². The number of rotatable bonds is 4. The average Bonchev–Trinajstić information content (AvgIpc) is 3.23. The van der Waals surface area contributed by atoms with Gasteiger partial charge in [-0.2, -0.15) is 9.61 Å². The number of amides is 1. The quantitative estimate of drug-likeness (QED) is 0.436. The molecule has 1 amide bonds. The van der Waals surface area contributed by atoms with Gasteiger partial charge in [0.15, 0.2) is 5.65 Å². The Bertz CT molecular complexity index is 1310. The standard InChI is InChI=1S/C26H26ClN5O/c1-17-6-8-19(9-7-17)23-16-24-28-18(2)14-25(32(24)30-23)31-12-10-20(11-13-31)26(33)29-22-5-3-4-21(27)15-22/h3-9,14-16,20H,10-13H2,1-2H3,(H,29,33). The zero-order chi connectivity index (χ0) is 22.9. The molecule has 0 saturated carbocycles. The fourth-order valence-corrected chi connectivity index (χ4v) is 4.54. The van der Waals surface area contributed by atoms with Crippen LogP contribution in [0.3, 0.4) is 0 Å². The third-order valence-corrected chi connectivity index (χ3v) is 6.40. The Hall–Kier alpha value is -3.38. The zero-order valence-electron chi connectivity index (χ0n) is 18.8. The molecule has 0 spiro atoms. The van der Waals surface area contributed by atoms with E-state index in [1.165, 1.54) is 5.56 Å². The fourth-order valence-electron chi connectivity index (χ4n) is 4.35. The minimum Gasteiger partial charge on any atom is -0.356 e. The van der Waals surface area contributed by atoms with Gasteiger partial charge < -0.3 is 10.2 Å². The van der Waals surface area contributed by atoms with E-state index in [0.717, 1.165) is 60.0 Å².